The average Bonchev–Trinajstić information content (AvgIpc) is 2.15. The molecule has 0 atom stereocenters. The lowest BCUT2D eigenvalue weighted by Gasteiger charge is -2.29. The Morgan fingerprint density at radius 3 is 2.50 bits per heavy atom. The van der Waals surface area contributed by atoms with Crippen LogP contribution in [0.2, 0.25) is 0 Å². The third-order valence-corrected chi connectivity index (χ3v) is 2.28. The monoisotopic (exact) mass is 217 g/mol. The van der Waals surface area contributed by atoms with Crippen molar-refractivity contribution in [3.63, 3.8) is 0 Å². The maximum absolute atomic E-state index is 8.86. The van der Waals surface area contributed by atoms with Crippen molar-refractivity contribution < 1.29 is 0 Å². The van der Waals surface area contributed by atoms with E-state index in [0.717, 1.165) is 12.2 Å². The first-order valence-corrected chi connectivity index (χ1v) is 5.34. The Hall–Kier alpha value is -1.69. The lowest BCUT2D eigenvalue weighted by molar-refractivity contribution is 0.419. The van der Waals surface area contributed by atoms with Crippen LogP contribution in [-0.4, -0.2) is 13.6 Å². The van der Waals surface area contributed by atoms with Gasteiger partial charge in [-0.1, -0.05) is 20.8 Å². The first-order valence-electron chi connectivity index (χ1n) is 5.34. The number of hydrogen-bond acceptors (Lipinski definition) is 3. The Labute approximate surface area is 97.5 Å². The molecule has 0 fully saturated rings. The van der Waals surface area contributed by atoms with Crippen LogP contribution in [0.4, 0.5) is 11.4 Å². The first kappa shape index (κ1) is 12.4. The molecule has 0 amide bonds. The minimum absolute atomic E-state index is 0.198. The Bertz CT molecular complexity index is 410. The van der Waals surface area contributed by atoms with Crippen molar-refractivity contribution in [2.24, 2.45) is 5.41 Å². The largest absolute Gasteiger partial charge is 0.397 e. The molecule has 0 aromatic heterocycles. The van der Waals surface area contributed by atoms with Crippen LogP contribution in [-0.2, 0) is 0 Å². The summed E-state index contributed by atoms with van der Waals surface area (Å²) < 4.78 is 0. The van der Waals surface area contributed by atoms with Crippen LogP contribution in [0.1, 0.15) is 26.3 Å². The fourth-order valence-electron chi connectivity index (χ4n) is 1.74. The zero-order valence-electron chi connectivity index (χ0n) is 10.4. The highest BCUT2D eigenvalue weighted by molar-refractivity contribution is 5.69. The predicted octanol–water partition coefficient (Wildman–Crippen LogP) is 2.62. The molecule has 0 aliphatic rings. The fraction of sp³-hybridized carbons (Fsp3) is 0.462. The number of nitrogen functional groups attached to an aromatic ring is 1. The number of nitrogens with zero attached hydrogens (tertiary/aromatic N) is 2. The molecule has 0 unspecified atom stereocenters. The van der Waals surface area contributed by atoms with E-state index < -0.39 is 0 Å². The Morgan fingerprint density at radius 1 is 1.38 bits per heavy atom. The Morgan fingerprint density at radius 2 is 2.00 bits per heavy atom. The van der Waals surface area contributed by atoms with Crippen molar-refractivity contribution in [3.8, 4) is 6.07 Å². The second-order valence-electron chi connectivity index (χ2n) is 5.30. The third kappa shape index (κ3) is 3.16. The summed E-state index contributed by atoms with van der Waals surface area (Å²) in [7, 11) is 2.00. The van der Waals surface area contributed by atoms with E-state index in [1.54, 1.807) is 12.1 Å². The van der Waals surface area contributed by atoms with Gasteiger partial charge in [-0.3, -0.25) is 0 Å². The molecule has 1 rings (SSSR count). The van der Waals surface area contributed by atoms with Crippen molar-refractivity contribution in [3.05, 3.63) is 23.8 Å². The van der Waals surface area contributed by atoms with Crippen LogP contribution in [0.5, 0.6) is 0 Å². The van der Waals surface area contributed by atoms with Gasteiger partial charge in [0.1, 0.15) is 0 Å². The molecule has 3 nitrogen and oxygen atoms in total. The van der Waals surface area contributed by atoms with E-state index in [0.29, 0.717) is 11.3 Å². The molecule has 0 heterocycles. The molecule has 1 aromatic rings. The number of nitriles is 1. The zero-order chi connectivity index (χ0) is 12.3. The minimum Gasteiger partial charge on any atom is -0.397 e. The van der Waals surface area contributed by atoms with Gasteiger partial charge in [-0.25, -0.2) is 0 Å². The van der Waals surface area contributed by atoms with Gasteiger partial charge in [0.2, 0.25) is 0 Å². The first-order chi connectivity index (χ1) is 7.33. The summed E-state index contributed by atoms with van der Waals surface area (Å²) in [6, 6.07) is 7.49. The molecule has 0 saturated heterocycles. The summed E-state index contributed by atoms with van der Waals surface area (Å²) >= 11 is 0. The number of benzene rings is 1. The molecular formula is C13H19N3. The Kier molecular flexibility index (Phi) is 3.44. The normalized spacial score (nSPS) is 10.9. The lowest BCUT2D eigenvalue weighted by Crippen LogP contribution is -2.29. The SMILES string of the molecule is CN(CC(C)(C)C)c1cc(C#N)ccc1N. The fourth-order valence-corrected chi connectivity index (χ4v) is 1.74. The highest BCUT2D eigenvalue weighted by atomic mass is 15.1. The van der Waals surface area contributed by atoms with Gasteiger partial charge in [0.25, 0.3) is 0 Å². The van der Waals surface area contributed by atoms with Crippen LogP contribution in [0.25, 0.3) is 0 Å². The molecule has 3 heteroatoms. The van der Waals surface area contributed by atoms with Crippen molar-refractivity contribution >= 4 is 11.4 Å². The summed E-state index contributed by atoms with van der Waals surface area (Å²) in [6.45, 7) is 7.42. The molecule has 0 aliphatic carbocycles. The van der Waals surface area contributed by atoms with Crippen molar-refractivity contribution in [2.75, 3.05) is 24.2 Å². The summed E-state index contributed by atoms with van der Waals surface area (Å²) in [5, 5.41) is 8.86. The van der Waals surface area contributed by atoms with E-state index in [4.69, 9.17) is 11.0 Å². The van der Waals surface area contributed by atoms with Crippen LogP contribution in [0.3, 0.4) is 0 Å². The van der Waals surface area contributed by atoms with Gasteiger partial charge in [-0.2, -0.15) is 5.26 Å². The molecule has 0 bridgehead atoms. The van der Waals surface area contributed by atoms with Gasteiger partial charge >= 0.3 is 0 Å². The van der Waals surface area contributed by atoms with E-state index in [1.165, 1.54) is 0 Å². The molecule has 1 aromatic carbocycles. The van der Waals surface area contributed by atoms with E-state index >= 15 is 0 Å². The predicted molar refractivity (Wildman–Crippen MR) is 68.3 cm³/mol. The maximum Gasteiger partial charge on any atom is 0.0992 e. The average molecular weight is 217 g/mol. The maximum atomic E-state index is 8.86. The summed E-state index contributed by atoms with van der Waals surface area (Å²) in [5.41, 5.74) is 8.39. The van der Waals surface area contributed by atoms with Gasteiger partial charge in [0.15, 0.2) is 0 Å². The second-order valence-corrected chi connectivity index (χ2v) is 5.30. The standard InChI is InChI=1S/C13H19N3/c1-13(2,3)9-16(4)12-7-10(8-14)5-6-11(12)15/h5-7H,9,15H2,1-4H3. The van der Waals surface area contributed by atoms with Gasteiger partial charge < -0.3 is 10.6 Å². The summed E-state index contributed by atoms with van der Waals surface area (Å²) in [5.74, 6) is 0. The highest BCUT2D eigenvalue weighted by Gasteiger charge is 2.15. The number of rotatable bonds is 2. The quantitative estimate of drug-likeness (QED) is 0.775. The van der Waals surface area contributed by atoms with Crippen LogP contribution in [0, 0.1) is 16.7 Å². The molecule has 16 heavy (non-hydrogen) atoms. The zero-order valence-corrected chi connectivity index (χ0v) is 10.4. The van der Waals surface area contributed by atoms with Crippen LogP contribution < -0.4 is 10.6 Å². The second kappa shape index (κ2) is 4.44. The van der Waals surface area contributed by atoms with Crippen LogP contribution in [0.15, 0.2) is 18.2 Å². The number of anilines is 2. The van der Waals surface area contributed by atoms with E-state index in [1.807, 2.05) is 13.1 Å². The van der Waals surface area contributed by atoms with Gasteiger partial charge in [-0.05, 0) is 23.6 Å². The molecule has 2 N–H and O–H groups in total. The van der Waals surface area contributed by atoms with E-state index in [-0.39, 0.29) is 5.41 Å². The van der Waals surface area contributed by atoms with Crippen molar-refractivity contribution in [2.45, 2.75) is 20.8 Å². The van der Waals surface area contributed by atoms with Gasteiger partial charge in [-0.15, -0.1) is 0 Å². The summed E-state index contributed by atoms with van der Waals surface area (Å²) in [6.07, 6.45) is 0. The molecule has 0 saturated carbocycles. The minimum atomic E-state index is 0.198. The Balaban J connectivity index is 2.99. The molecule has 0 spiro atoms. The number of nitrogens with two attached hydrogens (primary N) is 1. The number of hydrogen-bond donors (Lipinski definition) is 1. The third-order valence-electron chi connectivity index (χ3n) is 2.28. The lowest BCUT2D eigenvalue weighted by atomic mass is 9.96. The molecule has 86 valence electrons. The smallest absolute Gasteiger partial charge is 0.0992 e. The molecule has 0 radical (unpaired) electrons. The topological polar surface area (TPSA) is 53.0 Å². The van der Waals surface area contributed by atoms with Gasteiger partial charge in [0, 0.05) is 13.6 Å². The molecular weight excluding hydrogens is 198 g/mol. The van der Waals surface area contributed by atoms with Crippen molar-refractivity contribution in [1.29, 1.82) is 5.26 Å². The molecule has 0 aliphatic heterocycles. The van der Waals surface area contributed by atoms with Crippen LogP contribution >= 0.6 is 0 Å². The van der Waals surface area contributed by atoms with E-state index in [2.05, 4.69) is 31.7 Å². The van der Waals surface area contributed by atoms with E-state index in [9.17, 15) is 0 Å². The summed E-state index contributed by atoms with van der Waals surface area (Å²) in [4.78, 5) is 2.09. The van der Waals surface area contributed by atoms with Crippen molar-refractivity contribution in [1.82, 2.24) is 0 Å². The highest BCUT2D eigenvalue weighted by Crippen LogP contribution is 2.26. The van der Waals surface area contributed by atoms with Gasteiger partial charge in [0.05, 0.1) is 23.0 Å².